The molecule has 2 saturated heterocycles. The number of nitrogens with zero attached hydrogens (tertiary/aromatic N) is 1. The maximum Gasteiger partial charge on any atom is 0.238 e. The summed E-state index contributed by atoms with van der Waals surface area (Å²) in [6.07, 6.45) is 3.44. The van der Waals surface area contributed by atoms with E-state index in [1.807, 2.05) is 13.0 Å². The molecule has 1 aromatic rings. The van der Waals surface area contributed by atoms with Crippen LogP contribution in [0.3, 0.4) is 0 Å². The Hall–Kier alpha value is -1.30. The second-order valence-corrected chi connectivity index (χ2v) is 7.37. The number of carbonyl (C=O) groups is 1. The molecule has 0 bridgehead atoms. The number of anilines is 1. The van der Waals surface area contributed by atoms with Crippen LogP contribution in [-0.4, -0.2) is 50.8 Å². The Morgan fingerprint density at radius 3 is 3.00 bits per heavy atom. The van der Waals surface area contributed by atoms with Gasteiger partial charge in [-0.2, -0.15) is 0 Å². The molecular weight excluding hydrogens is 328 g/mol. The van der Waals surface area contributed by atoms with E-state index < -0.39 is 0 Å². The van der Waals surface area contributed by atoms with Crippen LogP contribution in [0.25, 0.3) is 0 Å². The molecule has 1 aromatic carbocycles. The molecule has 0 aliphatic carbocycles. The number of likely N-dealkylation sites (tertiary alicyclic amines) is 1. The van der Waals surface area contributed by atoms with Gasteiger partial charge >= 0.3 is 0 Å². The van der Waals surface area contributed by atoms with Gasteiger partial charge in [-0.15, -0.1) is 0 Å². The van der Waals surface area contributed by atoms with E-state index in [1.54, 1.807) is 13.2 Å². The zero-order valence-electron chi connectivity index (χ0n) is 14.4. The molecule has 2 aliphatic rings. The van der Waals surface area contributed by atoms with Gasteiger partial charge in [-0.25, -0.2) is 0 Å². The van der Waals surface area contributed by atoms with Crippen LogP contribution in [0, 0.1) is 12.3 Å². The van der Waals surface area contributed by atoms with Crippen molar-refractivity contribution in [2.24, 2.45) is 5.41 Å². The molecule has 5 nitrogen and oxygen atoms in total. The number of aryl methyl sites for hydroxylation is 1. The van der Waals surface area contributed by atoms with Gasteiger partial charge < -0.3 is 14.8 Å². The van der Waals surface area contributed by atoms with E-state index in [0.29, 0.717) is 23.0 Å². The third-order valence-corrected chi connectivity index (χ3v) is 5.45. The molecule has 0 aromatic heterocycles. The van der Waals surface area contributed by atoms with Gasteiger partial charge in [0, 0.05) is 29.7 Å². The third kappa shape index (κ3) is 3.85. The Labute approximate surface area is 148 Å². The number of carbonyl (C=O) groups excluding carboxylic acids is 1. The molecule has 6 heteroatoms. The van der Waals surface area contributed by atoms with Gasteiger partial charge in [0.2, 0.25) is 5.91 Å². The van der Waals surface area contributed by atoms with Crippen molar-refractivity contribution in [2.75, 3.05) is 45.3 Å². The number of amides is 1. The highest BCUT2D eigenvalue weighted by atomic mass is 35.5. The second kappa shape index (κ2) is 7.30. The van der Waals surface area contributed by atoms with E-state index in [1.165, 1.54) is 6.42 Å². The first-order valence-electron chi connectivity index (χ1n) is 8.45. The van der Waals surface area contributed by atoms with Gasteiger partial charge in [0.1, 0.15) is 5.75 Å². The van der Waals surface area contributed by atoms with Crippen LogP contribution in [0.4, 0.5) is 5.69 Å². The number of nitrogens with one attached hydrogen (secondary N) is 1. The molecule has 2 heterocycles. The van der Waals surface area contributed by atoms with Gasteiger partial charge in [-0.1, -0.05) is 11.6 Å². The lowest BCUT2D eigenvalue weighted by Gasteiger charge is -2.33. The van der Waals surface area contributed by atoms with Crippen LogP contribution in [0.1, 0.15) is 24.8 Å². The van der Waals surface area contributed by atoms with Gasteiger partial charge in [0.05, 0.1) is 25.9 Å². The van der Waals surface area contributed by atoms with Crippen molar-refractivity contribution in [3.8, 4) is 5.75 Å². The van der Waals surface area contributed by atoms with E-state index in [-0.39, 0.29) is 11.3 Å². The average molecular weight is 353 g/mol. The minimum absolute atomic E-state index is 0.0243. The number of halogens is 1. The summed E-state index contributed by atoms with van der Waals surface area (Å²) < 4.78 is 11.0. The van der Waals surface area contributed by atoms with Gasteiger partial charge in [0.25, 0.3) is 0 Å². The quantitative estimate of drug-likeness (QED) is 0.904. The van der Waals surface area contributed by atoms with Crippen molar-refractivity contribution >= 4 is 23.2 Å². The fraction of sp³-hybridized carbons (Fsp3) is 0.611. The van der Waals surface area contributed by atoms with Gasteiger partial charge in [-0.3, -0.25) is 9.69 Å². The largest absolute Gasteiger partial charge is 0.495 e. The monoisotopic (exact) mass is 352 g/mol. The minimum Gasteiger partial charge on any atom is -0.495 e. The van der Waals surface area contributed by atoms with E-state index >= 15 is 0 Å². The maximum absolute atomic E-state index is 12.4. The lowest BCUT2D eigenvalue weighted by Crippen LogP contribution is -2.37. The maximum atomic E-state index is 12.4. The molecule has 2 aliphatic heterocycles. The second-order valence-electron chi connectivity index (χ2n) is 6.97. The Morgan fingerprint density at radius 2 is 2.29 bits per heavy atom. The zero-order chi connectivity index (χ0) is 17.2. The first kappa shape index (κ1) is 17.5. The number of benzene rings is 1. The summed E-state index contributed by atoms with van der Waals surface area (Å²) >= 11 is 6.11. The van der Waals surface area contributed by atoms with Crippen LogP contribution in [0.5, 0.6) is 5.75 Å². The molecule has 0 unspecified atom stereocenters. The van der Waals surface area contributed by atoms with Gasteiger partial charge in [-0.05, 0) is 44.4 Å². The van der Waals surface area contributed by atoms with Gasteiger partial charge in [0.15, 0.2) is 0 Å². The molecule has 1 amide bonds. The summed E-state index contributed by atoms with van der Waals surface area (Å²) in [6.45, 7) is 5.90. The van der Waals surface area contributed by atoms with E-state index in [2.05, 4.69) is 10.2 Å². The Balaban J connectivity index is 1.59. The number of methoxy groups -OCH3 is 1. The summed E-state index contributed by atoms with van der Waals surface area (Å²) in [5, 5.41) is 3.58. The van der Waals surface area contributed by atoms with Crippen LogP contribution < -0.4 is 10.1 Å². The smallest absolute Gasteiger partial charge is 0.238 e. The Bertz CT molecular complexity index is 615. The van der Waals surface area contributed by atoms with Crippen molar-refractivity contribution in [2.45, 2.75) is 26.2 Å². The highest BCUT2D eigenvalue weighted by Gasteiger charge is 2.40. The summed E-state index contributed by atoms with van der Waals surface area (Å²) in [6, 6.07) is 3.58. The predicted molar refractivity (Wildman–Crippen MR) is 94.9 cm³/mol. The first-order chi connectivity index (χ1) is 11.5. The van der Waals surface area contributed by atoms with E-state index in [9.17, 15) is 4.79 Å². The first-order valence-corrected chi connectivity index (χ1v) is 8.83. The molecule has 1 N–H and O–H groups in total. The molecule has 0 saturated carbocycles. The summed E-state index contributed by atoms with van der Waals surface area (Å²) in [4.78, 5) is 14.7. The number of hydrogen-bond donors (Lipinski definition) is 1. The topological polar surface area (TPSA) is 50.8 Å². The summed E-state index contributed by atoms with van der Waals surface area (Å²) in [5.41, 5.74) is 1.83. The molecule has 24 heavy (non-hydrogen) atoms. The minimum atomic E-state index is -0.0243. The summed E-state index contributed by atoms with van der Waals surface area (Å²) in [7, 11) is 1.57. The van der Waals surface area contributed by atoms with E-state index in [4.69, 9.17) is 21.1 Å². The molecular formula is C18H25ClN2O3. The Kier molecular flexibility index (Phi) is 5.33. The van der Waals surface area contributed by atoms with Crippen LogP contribution in [0.15, 0.2) is 12.1 Å². The fourth-order valence-corrected chi connectivity index (χ4v) is 3.87. The number of rotatable bonds is 4. The van der Waals surface area contributed by atoms with Crippen LogP contribution in [-0.2, 0) is 9.53 Å². The van der Waals surface area contributed by atoms with Crippen molar-refractivity contribution < 1.29 is 14.3 Å². The lowest BCUT2D eigenvalue weighted by atomic mass is 9.82. The molecule has 0 radical (unpaired) electrons. The molecule has 3 rings (SSSR count). The highest BCUT2D eigenvalue weighted by molar-refractivity contribution is 6.31. The highest BCUT2D eigenvalue weighted by Crippen LogP contribution is 2.38. The third-order valence-electron chi connectivity index (χ3n) is 5.04. The zero-order valence-corrected chi connectivity index (χ0v) is 15.1. The van der Waals surface area contributed by atoms with Crippen LogP contribution in [0.2, 0.25) is 5.02 Å². The number of hydrogen-bond acceptors (Lipinski definition) is 4. The average Bonchev–Trinajstić information content (AvgIpc) is 2.93. The van der Waals surface area contributed by atoms with Crippen molar-refractivity contribution in [1.82, 2.24) is 4.90 Å². The standard InChI is InChI=1S/C18H25ClN2O3/c1-13-8-15(16(23-2)9-14(13)19)20-17(22)10-21-6-5-18(11-21)4-3-7-24-12-18/h8-9H,3-7,10-12H2,1-2H3,(H,20,22)/t18-/m0/s1. The summed E-state index contributed by atoms with van der Waals surface area (Å²) in [5.74, 6) is 0.557. The molecule has 132 valence electrons. The van der Waals surface area contributed by atoms with Crippen LogP contribution >= 0.6 is 11.6 Å². The molecule has 2 fully saturated rings. The fourth-order valence-electron chi connectivity index (χ4n) is 3.72. The predicted octanol–water partition coefficient (Wildman–Crippen LogP) is 3.10. The van der Waals surface area contributed by atoms with Crippen molar-refractivity contribution in [3.05, 3.63) is 22.7 Å². The lowest BCUT2D eigenvalue weighted by molar-refractivity contribution is -0.117. The SMILES string of the molecule is COc1cc(Cl)c(C)cc1NC(=O)CN1CC[C@@]2(CCCOC2)C1. The number of ether oxygens (including phenoxy) is 2. The normalized spacial score (nSPS) is 24.3. The van der Waals surface area contributed by atoms with Crippen molar-refractivity contribution in [3.63, 3.8) is 0 Å². The molecule has 1 spiro atoms. The van der Waals surface area contributed by atoms with Crippen molar-refractivity contribution in [1.29, 1.82) is 0 Å². The molecule has 1 atom stereocenters. The Morgan fingerprint density at radius 1 is 1.46 bits per heavy atom. The van der Waals surface area contributed by atoms with E-state index in [0.717, 1.165) is 44.7 Å².